The van der Waals surface area contributed by atoms with Crippen molar-refractivity contribution in [2.45, 2.75) is 30.8 Å². The summed E-state index contributed by atoms with van der Waals surface area (Å²) in [6.45, 7) is 2.50. The van der Waals surface area contributed by atoms with Gasteiger partial charge in [0.2, 0.25) is 0 Å². The highest BCUT2D eigenvalue weighted by atomic mass is 32.2. The summed E-state index contributed by atoms with van der Waals surface area (Å²) in [5, 5.41) is 0.275. The standard InChI is InChI=1S/C21H20F2N2O4S2/c1-2-31(27,28)16-5-3-13(4-6-16)20(26)25-9-7-15(8-10-25)29-21-24-19-17(23)11-14(22)12-18(19)30-21/h3-6,11-12,15H,2,7-10H2,1H3. The normalized spacial score (nSPS) is 15.4. The van der Waals surface area contributed by atoms with Crippen molar-refractivity contribution in [2.24, 2.45) is 0 Å². The minimum absolute atomic E-state index is 0.00401. The van der Waals surface area contributed by atoms with Gasteiger partial charge in [0.1, 0.15) is 17.4 Å². The number of amides is 1. The van der Waals surface area contributed by atoms with Crippen molar-refractivity contribution < 1.29 is 26.7 Å². The lowest BCUT2D eigenvalue weighted by molar-refractivity contribution is 0.0595. The minimum atomic E-state index is -3.31. The molecule has 2 aromatic carbocycles. The van der Waals surface area contributed by atoms with Crippen LogP contribution in [0.1, 0.15) is 30.1 Å². The second-order valence-electron chi connectivity index (χ2n) is 7.25. The highest BCUT2D eigenvalue weighted by molar-refractivity contribution is 7.91. The van der Waals surface area contributed by atoms with Gasteiger partial charge in [-0.05, 0) is 30.3 Å². The monoisotopic (exact) mass is 466 g/mol. The number of fused-ring (bicyclic) bond motifs is 1. The van der Waals surface area contributed by atoms with Crippen molar-refractivity contribution in [1.82, 2.24) is 9.88 Å². The predicted octanol–water partition coefficient (Wildman–Crippen LogP) is 4.05. The quantitative estimate of drug-likeness (QED) is 0.567. The summed E-state index contributed by atoms with van der Waals surface area (Å²) in [6, 6.07) is 7.99. The lowest BCUT2D eigenvalue weighted by atomic mass is 10.1. The topological polar surface area (TPSA) is 76.6 Å². The van der Waals surface area contributed by atoms with Gasteiger partial charge in [-0.15, -0.1) is 0 Å². The van der Waals surface area contributed by atoms with E-state index in [0.29, 0.717) is 36.2 Å². The van der Waals surface area contributed by atoms with Gasteiger partial charge in [0.25, 0.3) is 11.1 Å². The number of benzene rings is 2. The Labute approximate surface area is 182 Å². The molecular formula is C21H20F2N2O4S2. The van der Waals surface area contributed by atoms with Gasteiger partial charge in [0.05, 0.1) is 15.3 Å². The number of carbonyl (C=O) groups excluding carboxylic acids is 1. The van der Waals surface area contributed by atoms with Gasteiger partial charge in [-0.3, -0.25) is 4.79 Å². The molecule has 0 atom stereocenters. The molecule has 31 heavy (non-hydrogen) atoms. The Bertz CT molecular complexity index is 1220. The molecular weight excluding hydrogens is 446 g/mol. The Morgan fingerprint density at radius 2 is 1.87 bits per heavy atom. The Balaban J connectivity index is 1.37. The molecule has 1 fully saturated rings. The molecule has 0 aliphatic carbocycles. The van der Waals surface area contributed by atoms with Crippen LogP contribution in [0.4, 0.5) is 8.78 Å². The molecule has 6 nitrogen and oxygen atoms in total. The lowest BCUT2D eigenvalue weighted by Crippen LogP contribution is -2.41. The maximum absolute atomic E-state index is 13.8. The van der Waals surface area contributed by atoms with E-state index in [0.717, 1.165) is 17.4 Å². The van der Waals surface area contributed by atoms with E-state index < -0.39 is 21.5 Å². The molecule has 0 spiro atoms. The molecule has 1 aliphatic heterocycles. The minimum Gasteiger partial charge on any atom is -0.467 e. The van der Waals surface area contributed by atoms with Crippen molar-refractivity contribution in [2.75, 3.05) is 18.8 Å². The van der Waals surface area contributed by atoms with Crippen LogP contribution in [-0.4, -0.2) is 49.2 Å². The van der Waals surface area contributed by atoms with Crippen LogP contribution in [0.3, 0.4) is 0 Å². The number of nitrogens with zero attached hydrogens (tertiary/aromatic N) is 2. The third kappa shape index (κ3) is 4.54. The van der Waals surface area contributed by atoms with Gasteiger partial charge in [-0.25, -0.2) is 17.2 Å². The van der Waals surface area contributed by atoms with E-state index in [2.05, 4.69) is 4.98 Å². The largest absolute Gasteiger partial charge is 0.467 e. The Hall–Kier alpha value is -2.59. The third-order valence-corrected chi connectivity index (χ3v) is 7.87. The van der Waals surface area contributed by atoms with Gasteiger partial charge in [-0.2, -0.15) is 4.98 Å². The zero-order chi connectivity index (χ0) is 22.2. The highest BCUT2D eigenvalue weighted by Crippen LogP contribution is 2.32. The van der Waals surface area contributed by atoms with Crippen LogP contribution < -0.4 is 4.74 Å². The summed E-state index contributed by atoms with van der Waals surface area (Å²) in [5.74, 6) is -1.55. The van der Waals surface area contributed by atoms with Crippen LogP contribution in [0, 0.1) is 11.6 Å². The molecule has 164 valence electrons. The first-order chi connectivity index (χ1) is 14.8. The molecule has 2 heterocycles. The number of carbonyl (C=O) groups is 1. The molecule has 0 saturated carbocycles. The zero-order valence-electron chi connectivity index (χ0n) is 16.7. The first-order valence-electron chi connectivity index (χ1n) is 9.81. The van der Waals surface area contributed by atoms with Gasteiger partial charge in [0.15, 0.2) is 15.7 Å². The average molecular weight is 467 g/mol. The molecule has 1 saturated heterocycles. The van der Waals surface area contributed by atoms with Gasteiger partial charge in [-0.1, -0.05) is 18.3 Å². The van der Waals surface area contributed by atoms with Crippen molar-refractivity contribution in [1.29, 1.82) is 0 Å². The van der Waals surface area contributed by atoms with Crippen molar-refractivity contribution in [3.63, 3.8) is 0 Å². The first-order valence-corrected chi connectivity index (χ1v) is 12.3. The summed E-state index contributed by atoms with van der Waals surface area (Å²) in [5.41, 5.74) is 0.514. The number of hydrogen-bond donors (Lipinski definition) is 0. The number of hydrogen-bond acceptors (Lipinski definition) is 6. The number of likely N-dealkylation sites (tertiary alicyclic amines) is 1. The molecule has 3 aromatic rings. The number of aromatic nitrogens is 1. The number of halogens is 2. The van der Waals surface area contributed by atoms with Gasteiger partial charge >= 0.3 is 0 Å². The molecule has 1 amide bonds. The van der Waals surface area contributed by atoms with Crippen LogP contribution >= 0.6 is 11.3 Å². The Morgan fingerprint density at radius 3 is 2.52 bits per heavy atom. The zero-order valence-corrected chi connectivity index (χ0v) is 18.3. The van der Waals surface area contributed by atoms with Crippen LogP contribution in [0.5, 0.6) is 5.19 Å². The number of sulfone groups is 1. The average Bonchev–Trinajstić information content (AvgIpc) is 3.16. The molecule has 1 aliphatic rings. The molecule has 0 N–H and O–H groups in total. The third-order valence-electron chi connectivity index (χ3n) is 5.23. The van der Waals surface area contributed by atoms with Crippen molar-refractivity contribution in [3.8, 4) is 5.19 Å². The van der Waals surface area contributed by atoms with Crippen LogP contribution in [0.25, 0.3) is 10.2 Å². The molecule has 4 rings (SSSR count). The molecule has 1 aromatic heterocycles. The Morgan fingerprint density at radius 1 is 1.19 bits per heavy atom. The summed E-state index contributed by atoms with van der Waals surface area (Å²) in [7, 11) is -3.31. The fourth-order valence-electron chi connectivity index (χ4n) is 3.46. The summed E-state index contributed by atoms with van der Waals surface area (Å²) in [6.07, 6.45) is 0.955. The molecule has 10 heteroatoms. The van der Waals surface area contributed by atoms with Crippen LogP contribution in [-0.2, 0) is 9.84 Å². The summed E-state index contributed by atoms with van der Waals surface area (Å²) < 4.78 is 57.2. The predicted molar refractivity (Wildman–Crippen MR) is 113 cm³/mol. The van der Waals surface area contributed by atoms with E-state index in [1.165, 1.54) is 30.3 Å². The van der Waals surface area contributed by atoms with Crippen molar-refractivity contribution >= 4 is 37.3 Å². The van der Waals surface area contributed by atoms with Crippen LogP contribution in [0.15, 0.2) is 41.3 Å². The smallest absolute Gasteiger partial charge is 0.274 e. The van der Waals surface area contributed by atoms with E-state index in [1.807, 2.05) is 0 Å². The van der Waals surface area contributed by atoms with E-state index in [4.69, 9.17) is 4.74 Å². The van der Waals surface area contributed by atoms with E-state index >= 15 is 0 Å². The number of thiazole rings is 1. The number of rotatable bonds is 5. The van der Waals surface area contributed by atoms with Gasteiger partial charge < -0.3 is 9.64 Å². The molecule has 0 radical (unpaired) electrons. The SMILES string of the molecule is CCS(=O)(=O)c1ccc(C(=O)N2CCC(Oc3nc4c(F)cc(F)cc4s3)CC2)cc1. The fourth-order valence-corrected chi connectivity index (χ4v) is 5.27. The van der Waals surface area contributed by atoms with E-state index in [9.17, 15) is 22.0 Å². The Kier molecular flexibility index (Phi) is 5.94. The maximum Gasteiger partial charge on any atom is 0.274 e. The molecule has 0 unspecified atom stereocenters. The van der Waals surface area contributed by atoms with Crippen molar-refractivity contribution in [3.05, 3.63) is 53.6 Å². The van der Waals surface area contributed by atoms with Gasteiger partial charge in [0, 0.05) is 37.6 Å². The number of piperidine rings is 1. The van der Waals surface area contributed by atoms with E-state index in [1.54, 1.807) is 11.8 Å². The summed E-state index contributed by atoms with van der Waals surface area (Å²) >= 11 is 1.09. The fraction of sp³-hybridized carbons (Fsp3) is 0.333. The highest BCUT2D eigenvalue weighted by Gasteiger charge is 2.26. The second kappa shape index (κ2) is 8.51. The molecule has 0 bridgehead atoms. The first kappa shape index (κ1) is 21.6. The number of ether oxygens (including phenoxy) is 1. The lowest BCUT2D eigenvalue weighted by Gasteiger charge is -2.31. The maximum atomic E-state index is 13.8. The van der Waals surface area contributed by atoms with Crippen LogP contribution in [0.2, 0.25) is 0 Å². The second-order valence-corrected chi connectivity index (χ2v) is 10.5. The summed E-state index contributed by atoms with van der Waals surface area (Å²) in [4.78, 5) is 18.7. The van der Waals surface area contributed by atoms with E-state index in [-0.39, 0.29) is 33.4 Å².